The van der Waals surface area contributed by atoms with E-state index in [2.05, 4.69) is 21.0 Å². The molecule has 0 spiro atoms. The zero-order valence-electron chi connectivity index (χ0n) is 15.8. The maximum Gasteiger partial charge on any atom is 0.270 e. The molecule has 1 aromatic heterocycles. The first-order chi connectivity index (χ1) is 13.4. The summed E-state index contributed by atoms with van der Waals surface area (Å²) >= 11 is 3.38. The SMILES string of the molecule is COc1cccc(Cc2cc(C)nn(CC(=O)Cc3ccc(Br)cc3)c2=O)c1. The van der Waals surface area contributed by atoms with Gasteiger partial charge in [0.2, 0.25) is 0 Å². The minimum atomic E-state index is -0.238. The summed E-state index contributed by atoms with van der Waals surface area (Å²) in [7, 11) is 1.61. The monoisotopic (exact) mass is 440 g/mol. The zero-order chi connectivity index (χ0) is 20.1. The van der Waals surface area contributed by atoms with Crippen LogP contribution in [0.5, 0.6) is 5.75 Å². The highest BCUT2D eigenvalue weighted by atomic mass is 79.9. The van der Waals surface area contributed by atoms with Crippen molar-refractivity contribution in [3.05, 3.63) is 91.8 Å². The molecule has 3 rings (SSSR count). The number of ketones is 1. The molecule has 1 heterocycles. The summed E-state index contributed by atoms with van der Waals surface area (Å²) in [5.74, 6) is 0.683. The molecular weight excluding hydrogens is 420 g/mol. The predicted molar refractivity (Wildman–Crippen MR) is 112 cm³/mol. The van der Waals surface area contributed by atoms with E-state index in [-0.39, 0.29) is 24.3 Å². The molecule has 6 heteroatoms. The molecule has 0 N–H and O–H groups in total. The van der Waals surface area contributed by atoms with Crippen molar-refractivity contribution < 1.29 is 9.53 Å². The smallest absolute Gasteiger partial charge is 0.270 e. The maximum absolute atomic E-state index is 12.8. The van der Waals surface area contributed by atoms with Gasteiger partial charge in [-0.3, -0.25) is 9.59 Å². The van der Waals surface area contributed by atoms with E-state index in [1.54, 1.807) is 13.2 Å². The van der Waals surface area contributed by atoms with E-state index in [4.69, 9.17) is 4.74 Å². The Morgan fingerprint density at radius 1 is 1.11 bits per heavy atom. The number of aromatic nitrogens is 2. The summed E-state index contributed by atoms with van der Waals surface area (Å²) in [4.78, 5) is 25.3. The topological polar surface area (TPSA) is 61.2 Å². The van der Waals surface area contributed by atoms with Crippen molar-refractivity contribution in [2.75, 3.05) is 7.11 Å². The maximum atomic E-state index is 12.8. The molecule has 3 aromatic rings. The van der Waals surface area contributed by atoms with Crippen LogP contribution in [0.15, 0.2) is 63.9 Å². The molecule has 0 saturated carbocycles. The van der Waals surface area contributed by atoms with Gasteiger partial charge in [-0.2, -0.15) is 5.10 Å². The number of carbonyl (C=O) groups is 1. The van der Waals surface area contributed by atoms with E-state index in [0.717, 1.165) is 21.3 Å². The number of benzene rings is 2. The first-order valence-electron chi connectivity index (χ1n) is 8.91. The van der Waals surface area contributed by atoms with Gasteiger partial charge in [0.15, 0.2) is 5.78 Å². The molecule has 0 fully saturated rings. The van der Waals surface area contributed by atoms with E-state index in [9.17, 15) is 9.59 Å². The highest BCUT2D eigenvalue weighted by molar-refractivity contribution is 9.10. The third-order valence-corrected chi connectivity index (χ3v) is 4.87. The van der Waals surface area contributed by atoms with Crippen LogP contribution in [0.1, 0.15) is 22.4 Å². The molecule has 5 nitrogen and oxygen atoms in total. The molecule has 0 atom stereocenters. The molecule has 28 heavy (non-hydrogen) atoms. The summed E-state index contributed by atoms with van der Waals surface area (Å²) in [5, 5.41) is 4.26. The zero-order valence-corrected chi connectivity index (χ0v) is 17.4. The molecule has 0 radical (unpaired) electrons. The number of rotatable bonds is 7. The molecule has 0 aliphatic carbocycles. The standard InChI is InChI=1S/C22H21BrN2O3/c1-15-10-18(11-17-4-3-5-21(13-17)28-2)22(27)25(24-15)14-20(26)12-16-6-8-19(23)9-7-16/h3-10,13H,11-12,14H2,1-2H3. The lowest BCUT2D eigenvalue weighted by Gasteiger charge is -2.09. The Morgan fingerprint density at radius 2 is 1.86 bits per heavy atom. The Kier molecular flexibility index (Phi) is 6.41. The van der Waals surface area contributed by atoms with E-state index >= 15 is 0 Å². The van der Waals surface area contributed by atoms with E-state index in [0.29, 0.717) is 17.7 Å². The molecule has 0 amide bonds. The van der Waals surface area contributed by atoms with Gasteiger partial charge >= 0.3 is 0 Å². The van der Waals surface area contributed by atoms with Crippen LogP contribution in [0, 0.1) is 6.92 Å². The van der Waals surface area contributed by atoms with E-state index < -0.39 is 0 Å². The van der Waals surface area contributed by atoms with Crippen molar-refractivity contribution >= 4 is 21.7 Å². The number of ether oxygens (including phenoxy) is 1. The van der Waals surface area contributed by atoms with Crippen molar-refractivity contribution in [3.8, 4) is 5.75 Å². The Bertz CT molecular complexity index is 1040. The van der Waals surface area contributed by atoms with E-state index in [1.165, 1.54) is 4.68 Å². The van der Waals surface area contributed by atoms with Gasteiger partial charge in [0.25, 0.3) is 5.56 Å². The first kappa shape index (κ1) is 20.0. The third kappa shape index (κ3) is 5.16. The van der Waals surface area contributed by atoms with Crippen molar-refractivity contribution in [2.45, 2.75) is 26.3 Å². The molecule has 0 aliphatic heterocycles. The minimum Gasteiger partial charge on any atom is -0.497 e. The largest absolute Gasteiger partial charge is 0.497 e. The minimum absolute atomic E-state index is 0.0400. The van der Waals surface area contributed by atoms with Gasteiger partial charge in [0, 0.05) is 22.9 Å². The Balaban J connectivity index is 1.79. The fraction of sp³-hybridized carbons (Fsp3) is 0.227. The normalized spacial score (nSPS) is 10.7. The van der Waals surface area contributed by atoms with Crippen LogP contribution in [0.4, 0.5) is 0 Å². The van der Waals surface area contributed by atoms with Crippen LogP contribution in [0.3, 0.4) is 0 Å². The van der Waals surface area contributed by atoms with Gasteiger partial charge in [0.1, 0.15) is 12.3 Å². The molecule has 0 saturated heterocycles. The molecule has 0 aliphatic rings. The van der Waals surface area contributed by atoms with Gasteiger partial charge in [0.05, 0.1) is 12.8 Å². The van der Waals surface area contributed by atoms with Crippen LogP contribution in [0.2, 0.25) is 0 Å². The summed E-state index contributed by atoms with van der Waals surface area (Å²) in [6.07, 6.45) is 0.723. The summed E-state index contributed by atoms with van der Waals surface area (Å²) < 4.78 is 7.47. The fourth-order valence-corrected chi connectivity index (χ4v) is 3.30. The lowest BCUT2D eigenvalue weighted by molar-refractivity contribution is -0.119. The Hall–Kier alpha value is -2.73. The lowest BCUT2D eigenvalue weighted by atomic mass is 10.1. The Morgan fingerprint density at radius 3 is 2.57 bits per heavy atom. The quantitative estimate of drug-likeness (QED) is 0.561. The first-order valence-corrected chi connectivity index (χ1v) is 9.70. The van der Waals surface area contributed by atoms with E-state index in [1.807, 2.05) is 55.5 Å². The average Bonchev–Trinajstić information content (AvgIpc) is 2.67. The number of carbonyl (C=O) groups excluding carboxylic acids is 1. The molecule has 0 unspecified atom stereocenters. The molecular formula is C22H21BrN2O3. The molecule has 0 bridgehead atoms. The van der Waals surface area contributed by atoms with Crippen molar-refractivity contribution in [2.24, 2.45) is 0 Å². The number of Topliss-reactive ketones (excluding diaryl/α,β-unsaturated/α-hetero) is 1. The second-order valence-corrected chi connectivity index (χ2v) is 7.56. The van der Waals surface area contributed by atoms with Crippen molar-refractivity contribution in [3.63, 3.8) is 0 Å². The Labute approximate surface area is 172 Å². The van der Waals surface area contributed by atoms with Gasteiger partial charge in [-0.25, -0.2) is 4.68 Å². The number of methoxy groups -OCH3 is 1. The third-order valence-electron chi connectivity index (χ3n) is 4.34. The van der Waals surface area contributed by atoms with Gasteiger partial charge < -0.3 is 4.74 Å². The van der Waals surface area contributed by atoms with Gasteiger partial charge in [-0.15, -0.1) is 0 Å². The second kappa shape index (κ2) is 8.97. The molecule has 2 aromatic carbocycles. The van der Waals surface area contributed by atoms with Crippen molar-refractivity contribution in [1.29, 1.82) is 0 Å². The summed E-state index contributed by atoms with van der Waals surface area (Å²) in [6.45, 7) is 1.78. The fourth-order valence-electron chi connectivity index (χ4n) is 3.03. The van der Waals surface area contributed by atoms with Crippen molar-refractivity contribution in [1.82, 2.24) is 9.78 Å². The molecule has 144 valence electrons. The van der Waals surface area contributed by atoms with Crippen LogP contribution in [0.25, 0.3) is 0 Å². The number of hydrogen-bond donors (Lipinski definition) is 0. The predicted octanol–water partition coefficient (Wildman–Crippen LogP) is 3.73. The van der Waals surface area contributed by atoms with Crippen LogP contribution in [-0.4, -0.2) is 22.7 Å². The number of halogens is 1. The van der Waals surface area contributed by atoms with Crippen LogP contribution >= 0.6 is 15.9 Å². The number of nitrogens with zero attached hydrogens (tertiary/aromatic N) is 2. The summed E-state index contributed by atoms with van der Waals surface area (Å²) in [5.41, 5.74) is 2.95. The highest BCUT2D eigenvalue weighted by Crippen LogP contribution is 2.15. The second-order valence-electron chi connectivity index (χ2n) is 6.64. The number of hydrogen-bond acceptors (Lipinski definition) is 4. The van der Waals surface area contributed by atoms with Crippen LogP contribution in [-0.2, 0) is 24.2 Å². The summed E-state index contributed by atoms with van der Waals surface area (Å²) in [6, 6.07) is 16.9. The van der Waals surface area contributed by atoms with Crippen LogP contribution < -0.4 is 10.3 Å². The number of aryl methyl sites for hydroxylation is 1. The highest BCUT2D eigenvalue weighted by Gasteiger charge is 2.12. The van der Waals surface area contributed by atoms with Gasteiger partial charge in [-0.05, 0) is 48.4 Å². The lowest BCUT2D eigenvalue weighted by Crippen LogP contribution is -2.30. The average molecular weight is 441 g/mol. The van der Waals surface area contributed by atoms with Gasteiger partial charge in [-0.1, -0.05) is 40.2 Å².